The summed E-state index contributed by atoms with van der Waals surface area (Å²) in [6.45, 7) is 1.96. The van der Waals surface area contributed by atoms with E-state index in [1.165, 1.54) is 18.3 Å². The first-order valence-corrected chi connectivity index (χ1v) is 7.19. The normalized spacial score (nSPS) is 16.0. The molecule has 1 aliphatic carbocycles. The molecule has 0 atom stereocenters. The molecule has 1 saturated carbocycles. The number of fused-ring (bicyclic) bond motifs is 1. The predicted molar refractivity (Wildman–Crippen MR) is 79.3 cm³/mol. The molecule has 7 heteroatoms. The molecule has 0 amide bonds. The summed E-state index contributed by atoms with van der Waals surface area (Å²) in [6, 6.07) is 3.66. The first-order valence-electron chi connectivity index (χ1n) is 7.19. The van der Waals surface area contributed by atoms with Gasteiger partial charge in [-0.25, -0.2) is 22.7 Å². The van der Waals surface area contributed by atoms with Gasteiger partial charge >= 0.3 is 0 Å². The van der Waals surface area contributed by atoms with Gasteiger partial charge in [0.2, 0.25) is 5.95 Å². The number of benzene rings is 1. The van der Waals surface area contributed by atoms with E-state index in [1.807, 2.05) is 6.92 Å². The van der Waals surface area contributed by atoms with Crippen LogP contribution >= 0.6 is 0 Å². The molecule has 0 radical (unpaired) electrons. The zero-order valence-corrected chi connectivity index (χ0v) is 12.3. The highest BCUT2D eigenvalue weighted by molar-refractivity contribution is 5.68. The second-order valence-corrected chi connectivity index (χ2v) is 6.17. The van der Waals surface area contributed by atoms with Gasteiger partial charge < -0.3 is 5.73 Å². The van der Waals surface area contributed by atoms with Gasteiger partial charge in [0.25, 0.3) is 0 Å². The third-order valence-electron chi connectivity index (χ3n) is 4.48. The Labute approximate surface area is 129 Å². The summed E-state index contributed by atoms with van der Waals surface area (Å²) in [7, 11) is 0. The van der Waals surface area contributed by atoms with Gasteiger partial charge in [0.1, 0.15) is 17.2 Å². The Morgan fingerprint density at radius 3 is 2.35 bits per heavy atom. The molecule has 2 aromatic heterocycles. The van der Waals surface area contributed by atoms with E-state index in [0.29, 0.717) is 5.56 Å². The number of hydrogen-bond donors (Lipinski definition) is 1. The van der Waals surface area contributed by atoms with Crippen LogP contribution in [-0.4, -0.2) is 14.6 Å². The van der Waals surface area contributed by atoms with Crippen LogP contribution in [0.2, 0.25) is 0 Å². The quantitative estimate of drug-likeness (QED) is 0.787. The van der Waals surface area contributed by atoms with Gasteiger partial charge in [-0.2, -0.15) is 0 Å². The highest BCUT2D eigenvalue weighted by Gasteiger charge is 2.40. The van der Waals surface area contributed by atoms with Crippen molar-refractivity contribution < 1.29 is 13.2 Å². The molecule has 2 N–H and O–H groups in total. The summed E-state index contributed by atoms with van der Waals surface area (Å²) in [5, 5.41) is 3.85. The SMILES string of the molecule is CC1(c2cc(F)c(-c3cc(F)c4cnc(N)nn34)c(F)c2)CC1. The first-order chi connectivity index (χ1) is 10.9. The fourth-order valence-corrected chi connectivity index (χ4v) is 2.79. The standard InChI is InChI=1S/C16H13F3N4/c1-16(2-3-16)8-4-10(18)14(11(19)5-8)12-6-9(17)13-7-21-15(20)22-23(12)13/h4-7H,2-3H2,1H3,(H2,20,22). The number of aromatic nitrogens is 3. The molecule has 2 heterocycles. The molecular formula is C16H13F3N4. The van der Waals surface area contributed by atoms with Crippen molar-refractivity contribution in [1.29, 1.82) is 0 Å². The molecule has 0 spiro atoms. The molecule has 0 saturated heterocycles. The van der Waals surface area contributed by atoms with Crippen molar-refractivity contribution in [3.05, 3.63) is 47.4 Å². The molecule has 4 nitrogen and oxygen atoms in total. The Morgan fingerprint density at radius 1 is 1.09 bits per heavy atom. The minimum absolute atomic E-state index is 0.00577. The predicted octanol–water partition coefficient (Wildman–Crippen LogP) is 3.45. The number of halogens is 3. The number of hydrogen-bond acceptors (Lipinski definition) is 3. The number of rotatable bonds is 2. The van der Waals surface area contributed by atoms with Crippen LogP contribution in [0.15, 0.2) is 24.4 Å². The monoisotopic (exact) mass is 318 g/mol. The summed E-state index contributed by atoms with van der Waals surface area (Å²) in [5.41, 5.74) is 5.59. The number of nitrogens with two attached hydrogens (primary N) is 1. The van der Waals surface area contributed by atoms with Crippen LogP contribution in [-0.2, 0) is 5.41 Å². The van der Waals surface area contributed by atoms with Crippen LogP contribution in [0.5, 0.6) is 0 Å². The average Bonchev–Trinajstić information content (AvgIpc) is 3.16. The molecule has 118 valence electrons. The number of nitrogens with zero attached hydrogens (tertiary/aromatic N) is 3. The van der Waals surface area contributed by atoms with Crippen molar-refractivity contribution in [2.45, 2.75) is 25.2 Å². The smallest absolute Gasteiger partial charge is 0.238 e. The van der Waals surface area contributed by atoms with Crippen molar-refractivity contribution >= 4 is 11.5 Å². The molecule has 0 aliphatic heterocycles. The van der Waals surface area contributed by atoms with E-state index >= 15 is 0 Å². The molecule has 0 bridgehead atoms. The minimum atomic E-state index is -0.746. The van der Waals surface area contributed by atoms with E-state index in [0.717, 1.165) is 23.4 Å². The van der Waals surface area contributed by atoms with Gasteiger partial charge in [-0.3, -0.25) is 0 Å². The lowest BCUT2D eigenvalue weighted by molar-refractivity contribution is 0.578. The maximum atomic E-state index is 14.5. The lowest BCUT2D eigenvalue weighted by Gasteiger charge is -2.12. The van der Waals surface area contributed by atoms with E-state index in [9.17, 15) is 13.2 Å². The maximum Gasteiger partial charge on any atom is 0.238 e. The second kappa shape index (κ2) is 4.47. The molecule has 3 aromatic rings. The number of nitrogen functional groups attached to an aromatic ring is 1. The van der Waals surface area contributed by atoms with Gasteiger partial charge in [0.15, 0.2) is 5.82 Å². The third-order valence-corrected chi connectivity index (χ3v) is 4.48. The molecular weight excluding hydrogens is 305 g/mol. The van der Waals surface area contributed by atoms with E-state index < -0.39 is 17.5 Å². The minimum Gasteiger partial charge on any atom is -0.367 e. The van der Waals surface area contributed by atoms with Crippen LogP contribution < -0.4 is 5.73 Å². The summed E-state index contributed by atoms with van der Waals surface area (Å²) in [5.74, 6) is -2.27. The highest BCUT2D eigenvalue weighted by atomic mass is 19.1. The number of anilines is 1. The van der Waals surface area contributed by atoms with Gasteiger partial charge in [-0.05, 0) is 36.0 Å². The van der Waals surface area contributed by atoms with Gasteiger partial charge in [-0.15, -0.1) is 5.10 Å². The van der Waals surface area contributed by atoms with Gasteiger partial charge in [0.05, 0.1) is 17.5 Å². The van der Waals surface area contributed by atoms with Gasteiger partial charge in [-0.1, -0.05) is 6.92 Å². The van der Waals surface area contributed by atoms with Crippen molar-refractivity contribution in [3.63, 3.8) is 0 Å². The van der Waals surface area contributed by atoms with E-state index in [4.69, 9.17) is 5.73 Å². The van der Waals surface area contributed by atoms with Crippen molar-refractivity contribution in [3.8, 4) is 11.3 Å². The largest absolute Gasteiger partial charge is 0.367 e. The Kier molecular flexibility index (Phi) is 2.73. The van der Waals surface area contributed by atoms with E-state index in [2.05, 4.69) is 10.1 Å². The Hall–Kier alpha value is -2.57. The van der Waals surface area contributed by atoms with Crippen LogP contribution in [0.4, 0.5) is 19.1 Å². The summed E-state index contributed by atoms with van der Waals surface area (Å²) in [6.07, 6.45) is 2.98. The molecule has 1 fully saturated rings. The van der Waals surface area contributed by atoms with Gasteiger partial charge in [0, 0.05) is 6.07 Å². The van der Waals surface area contributed by atoms with E-state index in [1.54, 1.807) is 0 Å². The third kappa shape index (κ3) is 2.07. The van der Waals surface area contributed by atoms with Crippen LogP contribution in [0, 0.1) is 17.5 Å². The van der Waals surface area contributed by atoms with Crippen LogP contribution in [0.25, 0.3) is 16.8 Å². The fraction of sp³-hybridized carbons (Fsp3) is 0.250. The van der Waals surface area contributed by atoms with E-state index in [-0.39, 0.29) is 28.1 Å². The van der Waals surface area contributed by atoms with Crippen LogP contribution in [0.1, 0.15) is 25.3 Å². The Balaban J connectivity index is 1.96. The molecule has 23 heavy (non-hydrogen) atoms. The van der Waals surface area contributed by atoms with Crippen molar-refractivity contribution in [1.82, 2.24) is 14.6 Å². The zero-order chi connectivity index (χ0) is 16.4. The molecule has 4 rings (SSSR count). The Morgan fingerprint density at radius 2 is 1.74 bits per heavy atom. The molecule has 0 unspecified atom stereocenters. The summed E-state index contributed by atoms with van der Waals surface area (Å²) >= 11 is 0. The molecule has 1 aromatic carbocycles. The summed E-state index contributed by atoms with van der Waals surface area (Å²) < 4.78 is 44.1. The second-order valence-electron chi connectivity index (χ2n) is 6.17. The van der Waals surface area contributed by atoms with Crippen molar-refractivity contribution in [2.24, 2.45) is 0 Å². The lowest BCUT2D eigenvalue weighted by Crippen LogP contribution is -2.06. The first kappa shape index (κ1) is 14.0. The fourth-order valence-electron chi connectivity index (χ4n) is 2.79. The zero-order valence-electron chi connectivity index (χ0n) is 12.3. The van der Waals surface area contributed by atoms with Crippen LogP contribution in [0.3, 0.4) is 0 Å². The lowest BCUT2D eigenvalue weighted by atomic mass is 9.96. The Bertz CT molecular complexity index is 921. The average molecular weight is 318 g/mol. The molecule has 1 aliphatic rings. The highest BCUT2D eigenvalue weighted by Crippen LogP contribution is 2.48. The maximum absolute atomic E-state index is 14.5. The topological polar surface area (TPSA) is 56.2 Å². The summed E-state index contributed by atoms with van der Waals surface area (Å²) in [4.78, 5) is 3.69. The van der Waals surface area contributed by atoms with Crippen molar-refractivity contribution in [2.75, 3.05) is 5.73 Å².